The summed E-state index contributed by atoms with van der Waals surface area (Å²) in [5.41, 5.74) is 11.3. The van der Waals surface area contributed by atoms with Crippen molar-refractivity contribution in [3.63, 3.8) is 0 Å². The number of rotatable bonds is 1. The summed E-state index contributed by atoms with van der Waals surface area (Å²) < 4.78 is 2.27. The van der Waals surface area contributed by atoms with Gasteiger partial charge in [0.15, 0.2) is 0 Å². The second-order valence-corrected chi connectivity index (χ2v) is 9.59. The number of nitrogens with zero attached hydrogens (tertiary/aromatic N) is 4. The Kier molecular flexibility index (Phi) is 3.74. The Bertz CT molecular complexity index is 2180. The third-order valence-corrected chi connectivity index (χ3v) is 7.56. The summed E-state index contributed by atoms with van der Waals surface area (Å²) >= 11 is 0. The third kappa shape index (κ3) is 2.46. The first kappa shape index (κ1) is 19.5. The highest BCUT2D eigenvalue weighted by Crippen LogP contribution is 2.40. The van der Waals surface area contributed by atoms with Crippen LogP contribution < -0.4 is 0 Å². The molecule has 0 aliphatic heterocycles. The minimum atomic E-state index is 1.00. The van der Waals surface area contributed by atoms with E-state index in [2.05, 4.69) is 87.8 Å². The molecule has 5 aromatic heterocycles. The van der Waals surface area contributed by atoms with Crippen LogP contribution in [0.15, 0.2) is 85.5 Å². The quantitative estimate of drug-likeness (QED) is 0.256. The van der Waals surface area contributed by atoms with Gasteiger partial charge in [-0.05, 0) is 66.4 Å². The molecule has 8 rings (SSSR count). The Morgan fingerprint density at radius 2 is 1.50 bits per heavy atom. The molecule has 8 aromatic rings. The van der Waals surface area contributed by atoms with E-state index in [0.29, 0.717) is 0 Å². The predicted octanol–water partition coefficient (Wildman–Crippen LogP) is 7.50. The molecule has 0 saturated heterocycles. The zero-order chi connectivity index (χ0) is 24.0. The van der Waals surface area contributed by atoms with Gasteiger partial charge in [0.2, 0.25) is 0 Å². The number of hydrogen-bond acceptors (Lipinski definition) is 3. The monoisotopic (exact) mass is 463 g/mol. The number of hydrogen-bond donors (Lipinski definition) is 1. The van der Waals surface area contributed by atoms with E-state index in [0.717, 1.165) is 49.4 Å². The molecule has 1 N–H and O–H groups in total. The number of benzene rings is 3. The minimum absolute atomic E-state index is 1.00. The van der Waals surface area contributed by atoms with Crippen LogP contribution in [0, 0.1) is 13.8 Å². The van der Waals surface area contributed by atoms with Gasteiger partial charge in [-0.3, -0.25) is 14.4 Å². The van der Waals surface area contributed by atoms with E-state index < -0.39 is 0 Å². The molecular formula is C31H21N5. The molecule has 0 unspecified atom stereocenters. The van der Waals surface area contributed by atoms with Crippen molar-refractivity contribution in [1.29, 1.82) is 0 Å². The lowest BCUT2D eigenvalue weighted by Gasteiger charge is -2.10. The second-order valence-electron chi connectivity index (χ2n) is 9.59. The number of aryl methyl sites for hydroxylation is 2. The highest BCUT2D eigenvalue weighted by Gasteiger charge is 2.18. The van der Waals surface area contributed by atoms with Crippen LogP contribution in [0.1, 0.15) is 11.1 Å². The average molecular weight is 464 g/mol. The molecule has 0 aliphatic rings. The number of pyridine rings is 3. The molecule has 0 amide bonds. The van der Waals surface area contributed by atoms with Gasteiger partial charge in [-0.25, -0.2) is 4.98 Å². The molecule has 0 bridgehead atoms. The van der Waals surface area contributed by atoms with E-state index in [1.165, 1.54) is 33.0 Å². The van der Waals surface area contributed by atoms with Crippen molar-refractivity contribution in [2.24, 2.45) is 0 Å². The highest BCUT2D eigenvalue weighted by atomic mass is 15.0. The number of nitrogens with one attached hydrogen (secondary N) is 1. The van der Waals surface area contributed by atoms with Gasteiger partial charge in [0.05, 0.1) is 33.8 Å². The largest absolute Gasteiger partial charge is 0.338 e. The van der Waals surface area contributed by atoms with Gasteiger partial charge >= 0.3 is 0 Å². The topological polar surface area (TPSA) is 58.9 Å². The summed E-state index contributed by atoms with van der Waals surface area (Å²) in [4.78, 5) is 17.7. The SMILES string of the molecule is Cc1ccccc1-c1cc2nc3c(ccc4c3c3cnccc3n3c5ccncc5[nH]c43)c2cc1C. The van der Waals surface area contributed by atoms with E-state index in [9.17, 15) is 0 Å². The summed E-state index contributed by atoms with van der Waals surface area (Å²) in [5.74, 6) is 0. The molecule has 0 aliphatic carbocycles. The van der Waals surface area contributed by atoms with Crippen molar-refractivity contribution in [1.82, 2.24) is 24.3 Å². The molecule has 5 heterocycles. The number of imidazole rings is 1. The van der Waals surface area contributed by atoms with Crippen LogP contribution in [0.2, 0.25) is 0 Å². The van der Waals surface area contributed by atoms with Gasteiger partial charge in [-0.2, -0.15) is 0 Å². The van der Waals surface area contributed by atoms with Crippen molar-refractivity contribution >= 4 is 60.2 Å². The zero-order valence-corrected chi connectivity index (χ0v) is 19.9. The van der Waals surface area contributed by atoms with Crippen LogP contribution >= 0.6 is 0 Å². The molecule has 0 saturated carbocycles. The van der Waals surface area contributed by atoms with Crippen LogP contribution in [-0.4, -0.2) is 24.3 Å². The maximum atomic E-state index is 5.25. The van der Waals surface area contributed by atoms with Gasteiger partial charge in [-0.1, -0.05) is 30.3 Å². The number of aromatic amines is 1. The fraction of sp³-hybridized carbons (Fsp3) is 0.0645. The Balaban J connectivity index is 1.55. The molecule has 0 radical (unpaired) electrons. The Morgan fingerprint density at radius 3 is 2.39 bits per heavy atom. The molecule has 5 nitrogen and oxygen atoms in total. The van der Waals surface area contributed by atoms with Crippen LogP contribution in [0.3, 0.4) is 0 Å². The fourth-order valence-electron chi connectivity index (χ4n) is 5.88. The Labute approximate surface area is 206 Å². The lowest BCUT2D eigenvalue weighted by atomic mass is 9.95. The minimum Gasteiger partial charge on any atom is -0.338 e. The maximum Gasteiger partial charge on any atom is 0.123 e. The highest BCUT2D eigenvalue weighted by molar-refractivity contribution is 6.27. The van der Waals surface area contributed by atoms with Gasteiger partial charge in [0, 0.05) is 45.5 Å². The number of H-pyrrole nitrogens is 1. The van der Waals surface area contributed by atoms with Crippen molar-refractivity contribution in [2.45, 2.75) is 13.8 Å². The summed E-state index contributed by atoms with van der Waals surface area (Å²) in [7, 11) is 0. The van der Waals surface area contributed by atoms with Gasteiger partial charge < -0.3 is 4.98 Å². The predicted molar refractivity (Wildman–Crippen MR) is 148 cm³/mol. The van der Waals surface area contributed by atoms with Gasteiger partial charge in [0.25, 0.3) is 0 Å². The second kappa shape index (κ2) is 6.89. The maximum absolute atomic E-state index is 5.25. The number of aromatic nitrogens is 5. The average Bonchev–Trinajstić information content (AvgIpc) is 3.47. The van der Waals surface area contributed by atoms with E-state index in [1.54, 1.807) is 0 Å². The molecule has 3 aromatic carbocycles. The first-order valence-corrected chi connectivity index (χ1v) is 12.1. The normalized spacial score (nSPS) is 12.2. The summed E-state index contributed by atoms with van der Waals surface area (Å²) in [6, 6.07) is 21.7. The first-order chi connectivity index (χ1) is 17.7. The Morgan fingerprint density at radius 1 is 0.694 bits per heavy atom. The third-order valence-electron chi connectivity index (χ3n) is 7.56. The van der Waals surface area contributed by atoms with Crippen molar-refractivity contribution in [3.05, 3.63) is 96.6 Å². The summed E-state index contributed by atoms with van der Waals surface area (Å²) in [5, 5.41) is 5.70. The van der Waals surface area contributed by atoms with Crippen LogP contribution in [0.25, 0.3) is 71.3 Å². The van der Waals surface area contributed by atoms with Gasteiger partial charge in [-0.15, -0.1) is 0 Å². The first-order valence-electron chi connectivity index (χ1n) is 12.1. The van der Waals surface area contributed by atoms with E-state index in [1.807, 2.05) is 30.9 Å². The smallest absolute Gasteiger partial charge is 0.123 e. The number of fused-ring (bicyclic) bond motifs is 12. The van der Waals surface area contributed by atoms with Crippen LogP contribution in [0.5, 0.6) is 0 Å². The lowest BCUT2D eigenvalue weighted by Crippen LogP contribution is -1.92. The summed E-state index contributed by atoms with van der Waals surface area (Å²) in [6.07, 6.45) is 7.54. The lowest BCUT2D eigenvalue weighted by molar-refractivity contribution is 1.28. The molecule has 0 atom stereocenters. The van der Waals surface area contributed by atoms with E-state index in [-0.39, 0.29) is 0 Å². The molecule has 0 spiro atoms. The van der Waals surface area contributed by atoms with Crippen LogP contribution in [0.4, 0.5) is 0 Å². The Hall–Kier alpha value is -4.77. The molecule has 170 valence electrons. The van der Waals surface area contributed by atoms with Crippen molar-refractivity contribution in [3.8, 4) is 11.1 Å². The van der Waals surface area contributed by atoms with E-state index in [4.69, 9.17) is 4.98 Å². The van der Waals surface area contributed by atoms with Crippen LogP contribution in [-0.2, 0) is 0 Å². The molecule has 5 heteroatoms. The zero-order valence-electron chi connectivity index (χ0n) is 19.9. The van der Waals surface area contributed by atoms with E-state index >= 15 is 0 Å². The summed E-state index contributed by atoms with van der Waals surface area (Å²) in [6.45, 7) is 4.36. The molecule has 0 fully saturated rings. The molecular weight excluding hydrogens is 442 g/mol. The fourth-order valence-corrected chi connectivity index (χ4v) is 5.88. The standard InChI is InChI=1S/C31H21N5/c1-17-5-3-4-6-19(17)22-14-25-23(13-18(22)2)20-7-8-21-29(30(20)34-25)24-15-32-11-9-27(24)36-28-10-12-33-16-26(28)35-31(21)36/h3-16,35H,1-2H3. The molecule has 36 heavy (non-hydrogen) atoms. The van der Waals surface area contributed by atoms with Crippen molar-refractivity contribution in [2.75, 3.05) is 0 Å². The van der Waals surface area contributed by atoms with Gasteiger partial charge in [0.1, 0.15) is 5.65 Å². The van der Waals surface area contributed by atoms with Crippen molar-refractivity contribution < 1.29 is 0 Å².